The van der Waals surface area contributed by atoms with Crippen molar-refractivity contribution in [2.24, 2.45) is 5.73 Å². The van der Waals surface area contributed by atoms with Crippen LogP contribution in [0.15, 0.2) is 30.3 Å². The number of halogens is 3. The predicted molar refractivity (Wildman–Crippen MR) is 105 cm³/mol. The highest BCUT2D eigenvalue weighted by molar-refractivity contribution is 6.43. The highest BCUT2D eigenvalue weighted by atomic mass is 35.5. The zero-order valence-corrected chi connectivity index (χ0v) is 16.5. The maximum Gasteiger partial charge on any atom is 0.262 e. The summed E-state index contributed by atoms with van der Waals surface area (Å²) in [5, 5.41) is 2.91. The second-order valence-corrected chi connectivity index (χ2v) is 7.24. The summed E-state index contributed by atoms with van der Waals surface area (Å²) in [6.45, 7) is 1.39. The van der Waals surface area contributed by atoms with Gasteiger partial charge >= 0.3 is 0 Å². The smallest absolute Gasteiger partial charge is 0.262 e. The summed E-state index contributed by atoms with van der Waals surface area (Å²) < 4.78 is 0. The van der Waals surface area contributed by atoms with Crippen LogP contribution in [0, 0.1) is 0 Å². The molecule has 0 aromatic heterocycles. The second kappa shape index (κ2) is 7.43. The van der Waals surface area contributed by atoms with E-state index in [1.165, 1.54) is 37.3 Å². The maximum atomic E-state index is 12.6. The number of primary amides is 1. The number of benzene rings is 2. The first-order valence-corrected chi connectivity index (χ1v) is 9.02. The van der Waals surface area contributed by atoms with E-state index in [2.05, 4.69) is 5.32 Å². The fourth-order valence-corrected chi connectivity index (χ4v) is 3.30. The number of carbonyl (C=O) groups excluding carboxylic acids is 4. The van der Waals surface area contributed by atoms with Gasteiger partial charge in [0.2, 0.25) is 11.8 Å². The number of amides is 4. The SMILES string of the molecule is CC(C(=O)Nc1ccc(Cl)c(C(N)=O)c1)N1C(=O)c2cc(Cl)c(Cl)cc2C1=O. The van der Waals surface area contributed by atoms with Gasteiger partial charge < -0.3 is 11.1 Å². The molecule has 3 N–H and O–H groups in total. The molecule has 0 fully saturated rings. The predicted octanol–water partition coefficient (Wildman–Crippen LogP) is 3.37. The number of fused-ring (bicyclic) bond motifs is 1. The Morgan fingerprint density at radius 2 is 1.50 bits per heavy atom. The Labute approximate surface area is 174 Å². The van der Waals surface area contributed by atoms with Crippen molar-refractivity contribution in [2.75, 3.05) is 5.32 Å². The summed E-state index contributed by atoms with van der Waals surface area (Å²) in [4.78, 5) is 50.0. The van der Waals surface area contributed by atoms with Crippen LogP contribution in [0.2, 0.25) is 15.1 Å². The van der Waals surface area contributed by atoms with E-state index in [0.29, 0.717) is 0 Å². The Kier molecular flexibility index (Phi) is 5.34. The van der Waals surface area contributed by atoms with Gasteiger partial charge in [-0.05, 0) is 37.3 Å². The lowest BCUT2D eigenvalue weighted by Crippen LogP contribution is -2.45. The van der Waals surface area contributed by atoms with Crippen molar-refractivity contribution in [1.82, 2.24) is 4.90 Å². The lowest BCUT2D eigenvalue weighted by molar-refractivity contribution is -0.119. The molecule has 0 aliphatic carbocycles. The van der Waals surface area contributed by atoms with E-state index in [9.17, 15) is 19.2 Å². The van der Waals surface area contributed by atoms with E-state index in [1.54, 1.807) is 0 Å². The van der Waals surface area contributed by atoms with Gasteiger partial charge in [-0.15, -0.1) is 0 Å². The van der Waals surface area contributed by atoms with Gasteiger partial charge in [0.1, 0.15) is 6.04 Å². The van der Waals surface area contributed by atoms with Crippen molar-refractivity contribution in [3.05, 3.63) is 62.1 Å². The number of hydrogen-bond acceptors (Lipinski definition) is 4. The molecule has 0 spiro atoms. The van der Waals surface area contributed by atoms with Gasteiger partial charge in [-0.1, -0.05) is 34.8 Å². The number of carbonyl (C=O) groups is 4. The largest absolute Gasteiger partial charge is 0.366 e. The van der Waals surface area contributed by atoms with Crippen LogP contribution in [0.3, 0.4) is 0 Å². The standard InChI is InChI=1S/C18H12Cl3N3O4/c1-7(16(26)23-8-2-3-12(19)11(4-8)15(22)25)24-17(27)9-5-13(20)14(21)6-10(9)18(24)28/h2-7H,1H3,(H2,22,25)(H,23,26). The average Bonchev–Trinajstić information content (AvgIpc) is 2.86. The zero-order valence-electron chi connectivity index (χ0n) is 14.3. The Morgan fingerprint density at radius 1 is 0.964 bits per heavy atom. The van der Waals surface area contributed by atoms with Crippen molar-refractivity contribution < 1.29 is 19.2 Å². The quantitative estimate of drug-likeness (QED) is 0.710. The molecule has 7 nitrogen and oxygen atoms in total. The van der Waals surface area contributed by atoms with E-state index in [1.807, 2.05) is 0 Å². The lowest BCUT2D eigenvalue weighted by atomic mass is 10.1. The number of hydrogen-bond donors (Lipinski definition) is 2. The first-order chi connectivity index (χ1) is 13.1. The van der Waals surface area contributed by atoms with Crippen LogP contribution in [-0.2, 0) is 4.79 Å². The van der Waals surface area contributed by atoms with Crippen LogP contribution >= 0.6 is 34.8 Å². The molecule has 2 aromatic rings. The van der Waals surface area contributed by atoms with Gasteiger partial charge in [0.25, 0.3) is 11.8 Å². The molecule has 28 heavy (non-hydrogen) atoms. The number of nitrogens with one attached hydrogen (secondary N) is 1. The summed E-state index contributed by atoms with van der Waals surface area (Å²) in [6, 6.07) is 5.61. The molecule has 3 rings (SSSR count). The lowest BCUT2D eigenvalue weighted by Gasteiger charge is -2.21. The second-order valence-electron chi connectivity index (χ2n) is 6.02. The van der Waals surface area contributed by atoms with E-state index in [4.69, 9.17) is 40.5 Å². The topological polar surface area (TPSA) is 110 Å². The van der Waals surface area contributed by atoms with Crippen molar-refractivity contribution >= 4 is 64.1 Å². The molecule has 1 heterocycles. The summed E-state index contributed by atoms with van der Waals surface area (Å²) in [5.74, 6) is -2.72. The van der Waals surface area contributed by atoms with E-state index in [-0.39, 0.29) is 37.4 Å². The van der Waals surface area contributed by atoms with Gasteiger partial charge in [0, 0.05) is 5.69 Å². The molecule has 1 atom stereocenters. The molecule has 1 aliphatic heterocycles. The van der Waals surface area contributed by atoms with E-state index in [0.717, 1.165) is 4.90 Å². The van der Waals surface area contributed by atoms with Crippen LogP contribution < -0.4 is 11.1 Å². The zero-order chi connectivity index (χ0) is 20.7. The minimum atomic E-state index is -1.14. The third-order valence-corrected chi connectivity index (χ3v) is 5.28. The highest BCUT2D eigenvalue weighted by Crippen LogP contribution is 2.32. The third-order valence-electron chi connectivity index (χ3n) is 4.22. The van der Waals surface area contributed by atoms with Gasteiger partial charge in [-0.3, -0.25) is 24.1 Å². The highest BCUT2D eigenvalue weighted by Gasteiger charge is 2.41. The number of nitrogens with zero attached hydrogens (tertiary/aromatic N) is 1. The van der Waals surface area contributed by atoms with Crippen molar-refractivity contribution in [3.63, 3.8) is 0 Å². The fourth-order valence-electron chi connectivity index (χ4n) is 2.76. The molecule has 0 saturated carbocycles. The summed E-state index contributed by atoms with van der Waals surface area (Å²) >= 11 is 17.7. The molecular formula is C18H12Cl3N3O4. The van der Waals surface area contributed by atoms with Crippen LogP contribution in [0.5, 0.6) is 0 Å². The normalized spacial score (nSPS) is 14.1. The number of rotatable bonds is 4. The Balaban J connectivity index is 1.85. The first-order valence-electron chi connectivity index (χ1n) is 7.89. The van der Waals surface area contributed by atoms with Gasteiger partial charge in [0.15, 0.2) is 0 Å². The number of anilines is 1. The minimum Gasteiger partial charge on any atom is -0.366 e. The molecule has 1 aliphatic rings. The summed E-state index contributed by atoms with van der Waals surface area (Å²) in [6.07, 6.45) is 0. The monoisotopic (exact) mass is 439 g/mol. The van der Waals surface area contributed by atoms with Crippen molar-refractivity contribution in [1.29, 1.82) is 0 Å². The summed E-state index contributed by atoms with van der Waals surface area (Å²) in [5.41, 5.74) is 5.63. The molecule has 1 unspecified atom stereocenters. The van der Waals surface area contributed by atoms with Crippen LogP contribution in [0.4, 0.5) is 5.69 Å². The molecular weight excluding hydrogens is 429 g/mol. The molecule has 0 radical (unpaired) electrons. The maximum absolute atomic E-state index is 12.6. The van der Waals surface area contributed by atoms with E-state index >= 15 is 0 Å². The Bertz CT molecular complexity index is 1010. The molecule has 2 aromatic carbocycles. The van der Waals surface area contributed by atoms with Crippen LogP contribution in [0.1, 0.15) is 38.0 Å². The number of imide groups is 1. The summed E-state index contributed by atoms with van der Waals surface area (Å²) in [7, 11) is 0. The molecule has 0 bridgehead atoms. The van der Waals surface area contributed by atoms with Crippen LogP contribution in [0.25, 0.3) is 0 Å². The van der Waals surface area contributed by atoms with Crippen molar-refractivity contribution in [3.8, 4) is 0 Å². The molecule has 0 saturated heterocycles. The molecule has 144 valence electrons. The minimum absolute atomic E-state index is 0.0251. The van der Waals surface area contributed by atoms with Gasteiger partial charge in [-0.25, -0.2) is 0 Å². The first kappa shape index (κ1) is 20.1. The average molecular weight is 441 g/mol. The van der Waals surface area contributed by atoms with Gasteiger partial charge in [0.05, 0.1) is 31.8 Å². The Morgan fingerprint density at radius 3 is 2.00 bits per heavy atom. The third kappa shape index (κ3) is 3.44. The van der Waals surface area contributed by atoms with Crippen LogP contribution in [-0.4, -0.2) is 34.6 Å². The molecule has 10 heteroatoms. The number of nitrogens with two attached hydrogens (primary N) is 1. The van der Waals surface area contributed by atoms with E-state index < -0.39 is 29.7 Å². The van der Waals surface area contributed by atoms with Crippen molar-refractivity contribution in [2.45, 2.75) is 13.0 Å². The molecule has 4 amide bonds. The van der Waals surface area contributed by atoms with Gasteiger partial charge in [-0.2, -0.15) is 0 Å². The fraction of sp³-hybridized carbons (Fsp3) is 0.111. The Hall–Kier alpha value is -2.61.